The van der Waals surface area contributed by atoms with E-state index in [1.54, 1.807) is 0 Å². The standard InChI is InChI=1S/C40H29N3/c1-2-38-42-36-20-9-10-21-37(36)43(38)28-24-22-27(23-25-28)39-31-15-5-7-17-33(31)40(34-18-8-6-16-32(34)39)30-14-4-3-13-29(30)35-19-11-12-26-41-35/h3-26H,2H2,1H3. The van der Waals surface area contributed by atoms with Crippen LogP contribution in [0.4, 0.5) is 0 Å². The van der Waals surface area contributed by atoms with E-state index in [1.165, 1.54) is 43.8 Å². The Morgan fingerprint density at radius 3 is 1.77 bits per heavy atom. The molecule has 8 aromatic rings. The summed E-state index contributed by atoms with van der Waals surface area (Å²) in [5, 5.41) is 4.94. The third-order valence-corrected chi connectivity index (χ3v) is 8.43. The van der Waals surface area contributed by atoms with Crippen LogP contribution in [0.25, 0.3) is 71.8 Å². The molecule has 0 spiro atoms. The molecular weight excluding hydrogens is 522 g/mol. The number of nitrogens with zero attached hydrogens (tertiary/aromatic N) is 3. The number of hydrogen-bond acceptors (Lipinski definition) is 2. The van der Waals surface area contributed by atoms with Gasteiger partial charge in [0, 0.05) is 23.9 Å². The Morgan fingerprint density at radius 2 is 1.12 bits per heavy atom. The zero-order valence-corrected chi connectivity index (χ0v) is 23.9. The van der Waals surface area contributed by atoms with Gasteiger partial charge in [0.05, 0.1) is 16.7 Å². The molecule has 0 aliphatic carbocycles. The molecule has 0 N–H and O–H groups in total. The minimum atomic E-state index is 0.868. The Balaban J connectivity index is 1.37. The molecule has 0 saturated carbocycles. The summed E-state index contributed by atoms with van der Waals surface area (Å²) in [6, 6.07) is 49.7. The first kappa shape index (κ1) is 25.2. The SMILES string of the molecule is CCc1nc2ccccc2n1-c1ccc(-c2c3ccccc3c(-c3ccccc3-c3ccccn3)c3ccccc23)cc1. The first-order chi connectivity index (χ1) is 21.3. The predicted octanol–water partition coefficient (Wildman–Crippen LogP) is 10.3. The third kappa shape index (κ3) is 4.12. The summed E-state index contributed by atoms with van der Waals surface area (Å²) in [6.45, 7) is 2.16. The van der Waals surface area contributed by atoms with Crippen LogP contribution >= 0.6 is 0 Å². The molecule has 8 rings (SSSR count). The zero-order chi connectivity index (χ0) is 28.8. The van der Waals surface area contributed by atoms with E-state index in [-0.39, 0.29) is 0 Å². The van der Waals surface area contributed by atoms with E-state index in [4.69, 9.17) is 9.97 Å². The van der Waals surface area contributed by atoms with Gasteiger partial charge in [0.25, 0.3) is 0 Å². The van der Waals surface area contributed by atoms with Crippen molar-refractivity contribution in [3.63, 3.8) is 0 Å². The van der Waals surface area contributed by atoms with Crippen molar-refractivity contribution in [1.29, 1.82) is 0 Å². The minimum absolute atomic E-state index is 0.868. The number of rotatable bonds is 5. The van der Waals surface area contributed by atoms with E-state index >= 15 is 0 Å². The summed E-state index contributed by atoms with van der Waals surface area (Å²) in [4.78, 5) is 9.61. The van der Waals surface area contributed by atoms with Crippen LogP contribution in [0.5, 0.6) is 0 Å². The van der Waals surface area contributed by atoms with Gasteiger partial charge in [-0.3, -0.25) is 9.55 Å². The maximum atomic E-state index is 4.90. The zero-order valence-electron chi connectivity index (χ0n) is 23.9. The van der Waals surface area contributed by atoms with Crippen LogP contribution in [0.15, 0.2) is 146 Å². The smallest absolute Gasteiger partial charge is 0.114 e. The number of pyridine rings is 1. The minimum Gasteiger partial charge on any atom is -0.296 e. The summed E-state index contributed by atoms with van der Waals surface area (Å²) >= 11 is 0. The number of fused-ring (bicyclic) bond motifs is 3. The lowest BCUT2D eigenvalue weighted by Gasteiger charge is -2.19. The van der Waals surface area contributed by atoms with Crippen LogP contribution in [-0.4, -0.2) is 14.5 Å². The topological polar surface area (TPSA) is 30.7 Å². The van der Waals surface area contributed by atoms with Gasteiger partial charge >= 0.3 is 0 Å². The van der Waals surface area contributed by atoms with Crippen molar-refractivity contribution < 1.29 is 0 Å². The molecule has 0 bridgehead atoms. The second-order valence-corrected chi connectivity index (χ2v) is 10.9. The van der Waals surface area contributed by atoms with Crippen molar-refractivity contribution in [3.8, 4) is 39.2 Å². The first-order valence-electron chi connectivity index (χ1n) is 14.8. The third-order valence-electron chi connectivity index (χ3n) is 8.43. The van der Waals surface area contributed by atoms with Gasteiger partial charge in [-0.1, -0.05) is 110 Å². The quantitative estimate of drug-likeness (QED) is 0.199. The second kappa shape index (κ2) is 10.4. The summed E-state index contributed by atoms with van der Waals surface area (Å²) < 4.78 is 2.28. The lowest BCUT2D eigenvalue weighted by Crippen LogP contribution is -2.00. The van der Waals surface area contributed by atoms with Crippen LogP contribution < -0.4 is 0 Å². The van der Waals surface area contributed by atoms with Gasteiger partial charge in [-0.2, -0.15) is 0 Å². The fourth-order valence-electron chi connectivity index (χ4n) is 6.55. The van der Waals surface area contributed by atoms with Gasteiger partial charge in [0.2, 0.25) is 0 Å². The van der Waals surface area contributed by atoms with Gasteiger partial charge in [-0.05, 0) is 80.2 Å². The molecule has 0 aliphatic rings. The van der Waals surface area contributed by atoms with E-state index in [0.29, 0.717) is 0 Å². The van der Waals surface area contributed by atoms with Gasteiger partial charge in [-0.15, -0.1) is 0 Å². The van der Waals surface area contributed by atoms with Gasteiger partial charge in [0.1, 0.15) is 5.82 Å². The molecule has 0 amide bonds. The maximum Gasteiger partial charge on any atom is 0.114 e. The lowest BCUT2D eigenvalue weighted by atomic mass is 9.84. The number of benzene rings is 6. The fraction of sp³-hybridized carbons (Fsp3) is 0.0500. The van der Waals surface area contributed by atoms with Gasteiger partial charge in [0.15, 0.2) is 0 Å². The molecule has 2 aromatic heterocycles. The molecule has 0 saturated heterocycles. The summed E-state index contributed by atoms with van der Waals surface area (Å²) in [5.74, 6) is 1.07. The lowest BCUT2D eigenvalue weighted by molar-refractivity contribution is 0.908. The van der Waals surface area contributed by atoms with Crippen molar-refractivity contribution in [1.82, 2.24) is 14.5 Å². The van der Waals surface area contributed by atoms with Crippen molar-refractivity contribution in [2.75, 3.05) is 0 Å². The highest BCUT2D eigenvalue weighted by molar-refractivity contribution is 6.22. The van der Waals surface area contributed by atoms with Gasteiger partial charge in [-0.25, -0.2) is 4.98 Å². The molecule has 3 nitrogen and oxygen atoms in total. The Hall–Kier alpha value is -5.54. The maximum absolute atomic E-state index is 4.90. The largest absolute Gasteiger partial charge is 0.296 e. The normalized spacial score (nSPS) is 11.5. The van der Waals surface area contributed by atoms with Gasteiger partial charge < -0.3 is 0 Å². The van der Waals surface area contributed by atoms with E-state index < -0.39 is 0 Å². The van der Waals surface area contributed by atoms with Crippen LogP contribution in [0, 0.1) is 0 Å². The number of aryl methyl sites for hydroxylation is 1. The van der Waals surface area contributed by atoms with E-state index in [2.05, 4.69) is 145 Å². The summed E-state index contributed by atoms with van der Waals surface area (Å²) in [5.41, 5.74) is 10.3. The van der Waals surface area contributed by atoms with Crippen molar-refractivity contribution in [2.45, 2.75) is 13.3 Å². The highest BCUT2D eigenvalue weighted by Gasteiger charge is 2.19. The van der Waals surface area contributed by atoms with Crippen LogP contribution in [0.1, 0.15) is 12.7 Å². The average Bonchev–Trinajstić information content (AvgIpc) is 3.46. The molecule has 0 unspecified atom stereocenters. The van der Waals surface area contributed by atoms with E-state index in [0.717, 1.165) is 40.2 Å². The summed E-state index contributed by atoms with van der Waals surface area (Å²) in [6.07, 6.45) is 2.73. The molecule has 0 fully saturated rings. The van der Waals surface area contributed by atoms with Crippen LogP contribution in [-0.2, 0) is 6.42 Å². The number of imidazole rings is 1. The van der Waals surface area contributed by atoms with Crippen LogP contribution in [0.3, 0.4) is 0 Å². The van der Waals surface area contributed by atoms with Crippen molar-refractivity contribution in [3.05, 3.63) is 152 Å². The monoisotopic (exact) mass is 551 g/mol. The summed E-state index contributed by atoms with van der Waals surface area (Å²) in [7, 11) is 0. The average molecular weight is 552 g/mol. The number of hydrogen-bond donors (Lipinski definition) is 0. The second-order valence-electron chi connectivity index (χ2n) is 10.9. The van der Waals surface area contributed by atoms with Crippen LogP contribution in [0.2, 0.25) is 0 Å². The van der Waals surface area contributed by atoms with E-state index in [9.17, 15) is 0 Å². The van der Waals surface area contributed by atoms with E-state index in [1.807, 2.05) is 12.3 Å². The predicted molar refractivity (Wildman–Crippen MR) is 180 cm³/mol. The molecular formula is C40H29N3. The molecule has 0 aliphatic heterocycles. The number of aromatic nitrogens is 3. The molecule has 3 heteroatoms. The molecule has 0 atom stereocenters. The Morgan fingerprint density at radius 1 is 0.535 bits per heavy atom. The Bertz CT molecular complexity index is 2200. The highest BCUT2D eigenvalue weighted by atomic mass is 15.1. The molecule has 43 heavy (non-hydrogen) atoms. The van der Waals surface area contributed by atoms with Crippen molar-refractivity contribution in [2.24, 2.45) is 0 Å². The van der Waals surface area contributed by atoms with Crippen molar-refractivity contribution >= 4 is 32.6 Å². The molecule has 0 radical (unpaired) electrons. The molecule has 6 aromatic carbocycles. The Kier molecular flexibility index (Phi) is 6.08. The Labute approximate surface area is 250 Å². The molecule has 2 heterocycles. The molecule has 204 valence electrons. The fourth-order valence-corrected chi connectivity index (χ4v) is 6.55. The first-order valence-corrected chi connectivity index (χ1v) is 14.8. The number of para-hydroxylation sites is 2. The highest BCUT2D eigenvalue weighted by Crippen LogP contribution is 2.45.